The fourth-order valence-corrected chi connectivity index (χ4v) is 0.754. The third-order valence-electron chi connectivity index (χ3n) is 0.997. The van der Waals surface area contributed by atoms with Crippen LogP contribution in [0, 0.1) is 0 Å². The van der Waals surface area contributed by atoms with Crippen LogP contribution >= 0.6 is 0 Å². The molecule has 0 bridgehead atoms. The van der Waals surface area contributed by atoms with Crippen molar-refractivity contribution in [3.05, 3.63) is 12.2 Å². The maximum Gasteiger partial charge on any atom is 0.437 e. The zero-order chi connectivity index (χ0) is 10.3. The number of carbonyl (C=O) groups is 1. The fourth-order valence-electron chi connectivity index (χ4n) is 0.513. The van der Waals surface area contributed by atoms with Crippen molar-refractivity contribution in [1.82, 2.24) is 0 Å². The number of aliphatic carboxylic acids is 1. The van der Waals surface area contributed by atoms with Gasteiger partial charge in [-0.1, -0.05) is 16.0 Å². The number of rotatable bonds is 6. The van der Waals surface area contributed by atoms with Gasteiger partial charge in [-0.2, -0.15) is 8.42 Å². The zero-order valence-electron chi connectivity index (χ0n) is 6.64. The first kappa shape index (κ1) is 12.0. The molecule has 76 valence electrons. The Balaban J connectivity index is 3.49. The zero-order valence-corrected chi connectivity index (χ0v) is 7.46. The lowest BCUT2D eigenvalue weighted by atomic mass is 10.3. The summed E-state index contributed by atoms with van der Waals surface area (Å²) in [5, 5.41) is 8.18. The van der Waals surface area contributed by atoms with Crippen LogP contribution in [-0.2, 0) is 19.5 Å². The second-order valence-electron chi connectivity index (χ2n) is 2.08. The Morgan fingerprint density at radius 3 is 2.54 bits per heavy atom. The summed E-state index contributed by atoms with van der Waals surface area (Å²) in [5.41, 5.74) is 0. The van der Waals surface area contributed by atoms with E-state index in [-0.39, 0.29) is 12.8 Å². The molecule has 1 N–H and O–H groups in total. The van der Waals surface area contributed by atoms with Crippen molar-refractivity contribution in [2.24, 2.45) is 0 Å². The monoisotopic (exact) mass is 212 g/mol. The number of hydrogen-bond acceptors (Lipinski definition) is 4. The second-order valence-corrected chi connectivity index (χ2v) is 3.10. The predicted molar refractivity (Wildman–Crippen MR) is 42.0 cm³/mol. The normalized spacial score (nSPS) is 12.1. The van der Waals surface area contributed by atoms with Gasteiger partial charge in [0.15, 0.2) is 0 Å². The van der Waals surface area contributed by atoms with Gasteiger partial charge in [0.1, 0.15) is 0 Å². The minimum Gasteiger partial charge on any atom is -0.481 e. The summed E-state index contributed by atoms with van der Waals surface area (Å²) in [6, 6.07) is 0. The van der Waals surface area contributed by atoms with E-state index in [4.69, 9.17) is 5.11 Å². The highest BCUT2D eigenvalue weighted by atomic mass is 32.3. The molecule has 0 unspecified atom stereocenters. The van der Waals surface area contributed by atoms with Gasteiger partial charge in [-0.3, -0.25) is 4.79 Å². The number of allylic oxidation sites excluding steroid dienone is 1. The van der Waals surface area contributed by atoms with Crippen LogP contribution < -0.4 is 0 Å². The van der Waals surface area contributed by atoms with Gasteiger partial charge >= 0.3 is 16.5 Å². The molecule has 0 heterocycles. The molecule has 0 saturated heterocycles. The van der Waals surface area contributed by atoms with Gasteiger partial charge in [0.25, 0.3) is 0 Å². The Hall–Kier alpha value is -0.950. The SMILES string of the molecule is O=C(O)CC/C=C\COS(=O)(=O)F. The van der Waals surface area contributed by atoms with Gasteiger partial charge in [0.2, 0.25) is 0 Å². The highest BCUT2D eigenvalue weighted by molar-refractivity contribution is 7.81. The van der Waals surface area contributed by atoms with E-state index in [2.05, 4.69) is 4.18 Å². The van der Waals surface area contributed by atoms with E-state index in [0.29, 0.717) is 0 Å². The maximum atomic E-state index is 11.6. The van der Waals surface area contributed by atoms with Crippen molar-refractivity contribution >= 4 is 16.5 Å². The van der Waals surface area contributed by atoms with Gasteiger partial charge in [-0.05, 0) is 6.42 Å². The van der Waals surface area contributed by atoms with Crippen molar-refractivity contribution in [2.45, 2.75) is 12.8 Å². The predicted octanol–water partition coefficient (Wildman–Crippen LogP) is 0.638. The van der Waals surface area contributed by atoms with Gasteiger partial charge in [-0.15, -0.1) is 0 Å². The molecule has 0 aromatic rings. The molecule has 0 aromatic carbocycles. The number of hydrogen-bond donors (Lipinski definition) is 1. The minimum absolute atomic E-state index is 0.0567. The molecule has 0 aliphatic rings. The third kappa shape index (κ3) is 11.0. The quantitative estimate of drug-likeness (QED) is 0.516. The molecule has 0 saturated carbocycles. The molecule has 13 heavy (non-hydrogen) atoms. The number of carboxylic acids is 1. The maximum absolute atomic E-state index is 11.6. The van der Waals surface area contributed by atoms with E-state index in [9.17, 15) is 17.1 Å². The Morgan fingerprint density at radius 2 is 2.08 bits per heavy atom. The summed E-state index contributed by atoms with van der Waals surface area (Å²) in [6.07, 6.45) is 2.84. The van der Waals surface area contributed by atoms with Crippen LogP contribution in [0.4, 0.5) is 3.89 Å². The largest absolute Gasteiger partial charge is 0.481 e. The van der Waals surface area contributed by atoms with Crippen molar-refractivity contribution in [1.29, 1.82) is 0 Å². The van der Waals surface area contributed by atoms with E-state index in [0.717, 1.165) is 0 Å². The minimum atomic E-state index is -4.90. The molecule has 0 radical (unpaired) electrons. The van der Waals surface area contributed by atoms with Gasteiger partial charge in [0, 0.05) is 6.42 Å². The molecule has 5 nitrogen and oxygen atoms in total. The summed E-state index contributed by atoms with van der Waals surface area (Å²) in [5.74, 6) is -0.955. The van der Waals surface area contributed by atoms with Gasteiger partial charge < -0.3 is 5.11 Å². The molecule has 0 fully saturated rings. The number of halogens is 1. The fraction of sp³-hybridized carbons (Fsp3) is 0.500. The average molecular weight is 212 g/mol. The van der Waals surface area contributed by atoms with E-state index >= 15 is 0 Å². The molecule has 0 aromatic heterocycles. The summed E-state index contributed by atoms with van der Waals surface area (Å²) < 4.78 is 34.9. The van der Waals surface area contributed by atoms with Crippen LogP contribution in [-0.4, -0.2) is 26.1 Å². The lowest BCUT2D eigenvalue weighted by Gasteiger charge is -1.91. The van der Waals surface area contributed by atoms with Gasteiger partial charge in [0.05, 0.1) is 6.61 Å². The van der Waals surface area contributed by atoms with Crippen LogP contribution in [0.3, 0.4) is 0 Å². The van der Waals surface area contributed by atoms with Crippen LogP contribution in [0.1, 0.15) is 12.8 Å². The molecule has 0 spiro atoms. The molecular weight excluding hydrogens is 203 g/mol. The summed E-state index contributed by atoms with van der Waals surface area (Å²) in [7, 11) is -4.90. The Labute approximate surface area is 75.2 Å². The van der Waals surface area contributed by atoms with Crippen molar-refractivity contribution < 1.29 is 26.4 Å². The molecular formula is C6H9FO5S. The molecule has 0 rings (SSSR count). The van der Waals surface area contributed by atoms with Crippen LogP contribution in [0.15, 0.2) is 12.2 Å². The molecule has 0 amide bonds. The Morgan fingerprint density at radius 1 is 1.46 bits per heavy atom. The molecule has 0 atom stereocenters. The van der Waals surface area contributed by atoms with E-state index in [1.807, 2.05) is 0 Å². The average Bonchev–Trinajstić information content (AvgIpc) is 1.93. The molecule has 0 aliphatic heterocycles. The Bertz CT molecular complexity index is 281. The van der Waals surface area contributed by atoms with E-state index in [1.165, 1.54) is 12.2 Å². The first-order chi connectivity index (χ1) is 5.92. The summed E-state index contributed by atoms with van der Waals surface area (Å²) in [6.45, 7) is -0.418. The van der Waals surface area contributed by atoms with Crippen LogP contribution in [0.2, 0.25) is 0 Å². The first-order valence-corrected chi connectivity index (χ1v) is 4.68. The van der Waals surface area contributed by atoms with Crippen LogP contribution in [0.25, 0.3) is 0 Å². The highest BCUT2D eigenvalue weighted by Gasteiger charge is 2.03. The van der Waals surface area contributed by atoms with Crippen molar-refractivity contribution in [3.8, 4) is 0 Å². The standard InChI is InChI=1S/C6H9FO5S/c7-13(10,11)12-5-3-1-2-4-6(8)9/h1,3H,2,4-5H2,(H,8,9)/b3-1-. The van der Waals surface area contributed by atoms with Crippen molar-refractivity contribution in [2.75, 3.05) is 6.61 Å². The Kier molecular flexibility index (Phi) is 5.24. The lowest BCUT2D eigenvalue weighted by molar-refractivity contribution is -0.136. The molecule has 0 aliphatic carbocycles. The highest BCUT2D eigenvalue weighted by Crippen LogP contribution is 1.95. The third-order valence-corrected chi connectivity index (χ3v) is 1.41. The smallest absolute Gasteiger partial charge is 0.437 e. The van der Waals surface area contributed by atoms with E-state index < -0.39 is 23.1 Å². The van der Waals surface area contributed by atoms with E-state index in [1.54, 1.807) is 0 Å². The number of carboxylic acid groups (broad SMARTS) is 1. The molecule has 7 heteroatoms. The second kappa shape index (κ2) is 5.65. The summed E-state index contributed by atoms with van der Waals surface area (Å²) in [4.78, 5) is 9.97. The topological polar surface area (TPSA) is 80.7 Å². The summed E-state index contributed by atoms with van der Waals surface area (Å²) >= 11 is 0. The first-order valence-electron chi connectivity index (χ1n) is 3.37. The van der Waals surface area contributed by atoms with Gasteiger partial charge in [-0.25, -0.2) is 4.18 Å². The lowest BCUT2D eigenvalue weighted by Crippen LogP contribution is -1.97. The van der Waals surface area contributed by atoms with Crippen LogP contribution in [0.5, 0.6) is 0 Å². The van der Waals surface area contributed by atoms with Crippen molar-refractivity contribution in [3.63, 3.8) is 0 Å².